The van der Waals surface area contributed by atoms with Crippen molar-refractivity contribution in [3.63, 3.8) is 0 Å². The minimum Gasteiger partial charge on any atom is -0.458 e. The van der Waals surface area contributed by atoms with Crippen LogP contribution in [-0.2, 0) is 19.7 Å². The molecule has 1 heterocycles. The lowest BCUT2D eigenvalue weighted by Crippen LogP contribution is -2.33. The van der Waals surface area contributed by atoms with Gasteiger partial charge in [-0.2, -0.15) is 12.8 Å². The molecule has 0 aliphatic carbocycles. The van der Waals surface area contributed by atoms with Crippen LogP contribution < -0.4 is 0 Å². The highest BCUT2D eigenvalue weighted by Crippen LogP contribution is 2.27. The molecule has 0 N–H and O–H groups in total. The molecule has 70 valence electrons. The molecular formula is C5H6F2O4S. The average molecular weight is 200 g/mol. The Hall–Kier alpha value is -0.850. The quantitative estimate of drug-likeness (QED) is 0.608. The van der Waals surface area contributed by atoms with Crippen molar-refractivity contribution < 1.29 is 26.2 Å². The minimum absolute atomic E-state index is 0.346. The van der Waals surface area contributed by atoms with Gasteiger partial charge in [0.05, 0.1) is 0 Å². The lowest BCUT2D eigenvalue weighted by Gasteiger charge is -2.12. The molecule has 1 aliphatic heterocycles. The Balaban J connectivity index is 2.69. The molecule has 0 bridgehead atoms. The molecule has 12 heavy (non-hydrogen) atoms. The van der Waals surface area contributed by atoms with E-state index in [1.807, 2.05) is 0 Å². The van der Waals surface area contributed by atoms with Crippen LogP contribution >= 0.6 is 0 Å². The van der Waals surface area contributed by atoms with Crippen LogP contribution in [0.1, 0.15) is 0 Å². The zero-order chi connectivity index (χ0) is 9.41. The maximum Gasteiger partial charge on any atom is 0.309 e. The zero-order valence-electron chi connectivity index (χ0n) is 5.92. The summed E-state index contributed by atoms with van der Waals surface area (Å²) in [5.74, 6) is -4.36. The standard InChI is InChI=1S/C5H6F2O4S/c1-4-10-2-5(6,11-4)3-12(7,8)9/h1-3H2. The molecule has 1 atom stereocenters. The van der Waals surface area contributed by atoms with E-state index in [4.69, 9.17) is 0 Å². The van der Waals surface area contributed by atoms with Crippen molar-refractivity contribution in [1.82, 2.24) is 0 Å². The van der Waals surface area contributed by atoms with Gasteiger partial charge >= 0.3 is 16.1 Å². The monoisotopic (exact) mass is 200 g/mol. The van der Waals surface area contributed by atoms with E-state index in [-0.39, 0.29) is 5.95 Å². The summed E-state index contributed by atoms with van der Waals surface area (Å²) in [5.41, 5.74) is 0. The first-order valence-corrected chi connectivity index (χ1v) is 4.48. The summed E-state index contributed by atoms with van der Waals surface area (Å²) in [5, 5.41) is 0. The van der Waals surface area contributed by atoms with Crippen LogP contribution in [0.4, 0.5) is 8.28 Å². The first-order chi connectivity index (χ1) is 5.31. The molecule has 0 radical (unpaired) electrons. The van der Waals surface area contributed by atoms with Gasteiger partial charge in [-0.3, -0.25) is 0 Å². The highest BCUT2D eigenvalue weighted by atomic mass is 32.3. The van der Waals surface area contributed by atoms with E-state index in [0.717, 1.165) is 0 Å². The fraction of sp³-hybridized carbons (Fsp3) is 0.600. The molecule has 1 fully saturated rings. The Morgan fingerprint density at radius 2 is 2.25 bits per heavy atom. The maximum absolute atomic E-state index is 13.0. The molecule has 0 amide bonds. The fourth-order valence-electron chi connectivity index (χ4n) is 0.780. The van der Waals surface area contributed by atoms with Crippen LogP contribution in [0.3, 0.4) is 0 Å². The van der Waals surface area contributed by atoms with Gasteiger partial charge in [-0.05, 0) is 6.58 Å². The Kier molecular flexibility index (Phi) is 1.99. The summed E-state index contributed by atoms with van der Waals surface area (Å²) < 4.78 is 53.7. The SMILES string of the molecule is C=C1OCC(F)(CS(=O)(=O)F)O1. The van der Waals surface area contributed by atoms with Gasteiger partial charge in [-0.1, -0.05) is 0 Å². The van der Waals surface area contributed by atoms with Crippen LogP contribution in [0.2, 0.25) is 0 Å². The Morgan fingerprint density at radius 1 is 1.67 bits per heavy atom. The average Bonchev–Trinajstić information content (AvgIpc) is 2.05. The molecule has 0 aromatic rings. The second-order valence-corrected chi connectivity index (χ2v) is 3.70. The van der Waals surface area contributed by atoms with Gasteiger partial charge in [0, 0.05) is 0 Å². The summed E-state index contributed by atoms with van der Waals surface area (Å²) in [7, 11) is -4.91. The Labute approximate surface area is 68.0 Å². The highest BCUT2D eigenvalue weighted by molar-refractivity contribution is 7.86. The number of hydrogen-bond acceptors (Lipinski definition) is 4. The second kappa shape index (κ2) is 2.58. The molecule has 0 saturated carbocycles. The van der Waals surface area contributed by atoms with Gasteiger partial charge in [0.25, 0.3) is 5.95 Å². The predicted molar refractivity (Wildman–Crippen MR) is 34.9 cm³/mol. The van der Waals surface area contributed by atoms with E-state index >= 15 is 0 Å². The normalized spacial score (nSPS) is 29.7. The Bertz CT molecular complexity index is 299. The Morgan fingerprint density at radius 3 is 2.58 bits per heavy atom. The van der Waals surface area contributed by atoms with Crippen molar-refractivity contribution in [2.75, 3.05) is 12.4 Å². The largest absolute Gasteiger partial charge is 0.458 e. The van der Waals surface area contributed by atoms with Gasteiger partial charge < -0.3 is 9.47 Å². The van der Waals surface area contributed by atoms with Crippen LogP contribution in [0.5, 0.6) is 0 Å². The molecular weight excluding hydrogens is 194 g/mol. The van der Waals surface area contributed by atoms with Crippen molar-refractivity contribution in [3.05, 3.63) is 12.5 Å². The van der Waals surface area contributed by atoms with E-state index in [1.54, 1.807) is 0 Å². The predicted octanol–water partition coefficient (Wildman–Crippen LogP) is 0.470. The summed E-state index contributed by atoms with van der Waals surface area (Å²) in [6.07, 6.45) is 0. The van der Waals surface area contributed by atoms with Crippen LogP contribution in [0.25, 0.3) is 0 Å². The lowest BCUT2D eigenvalue weighted by atomic mass is 10.4. The molecule has 1 saturated heterocycles. The first kappa shape index (κ1) is 9.24. The van der Waals surface area contributed by atoms with Crippen LogP contribution in [-0.4, -0.2) is 26.6 Å². The topological polar surface area (TPSA) is 52.6 Å². The second-order valence-electron chi connectivity index (χ2n) is 2.33. The molecule has 1 unspecified atom stereocenters. The van der Waals surface area contributed by atoms with Crippen LogP contribution in [0.15, 0.2) is 12.5 Å². The van der Waals surface area contributed by atoms with Crippen molar-refractivity contribution in [3.8, 4) is 0 Å². The highest BCUT2D eigenvalue weighted by Gasteiger charge is 2.44. The number of halogens is 2. The summed E-state index contributed by atoms with van der Waals surface area (Å²) in [6, 6.07) is 0. The zero-order valence-corrected chi connectivity index (χ0v) is 6.73. The van der Waals surface area contributed by atoms with E-state index in [1.165, 1.54) is 0 Å². The molecule has 1 rings (SSSR count). The van der Waals surface area contributed by atoms with Gasteiger partial charge in [0.15, 0.2) is 12.4 Å². The third kappa shape index (κ3) is 2.33. The number of hydrogen-bond donors (Lipinski definition) is 0. The number of rotatable bonds is 2. The van der Waals surface area contributed by atoms with E-state index in [0.29, 0.717) is 0 Å². The number of alkyl halides is 1. The van der Waals surface area contributed by atoms with Crippen molar-refractivity contribution >= 4 is 10.2 Å². The smallest absolute Gasteiger partial charge is 0.309 e. The van der Waals surface area contributed by atoms with Gasteiger partial charge in [0.2, 0.25) is 0 Å². The third-order valence-electron chi connectivity index (χ3n) is 1.13. The molecule has 1 aliphatic rings. The summed E-state index contributed by atoms with van der Waals surface area (Å²) in [4.78, 5) is 0. The van der Waals surface area contributed by atoms with E-state index in [2.05, 4.69) is 16.1 Å². The molecule has 7 heteroatoms. The molecule has 4 nitrogen and oxygen atoms in total. The van der Waals surface area contributed by atoms with Crippen molar-refractivity contribution in [2.24, 2.45) is 0 Å². The first-order valence-electron chi connectivity index (χ1n) is 2.93. The minimum atomic E-state index is -4.91. The maximum atomic E-state index is 13.0. The summed E-state index contributed by atoms with van der Waals surface area (Å²) >= 11 is 0. The van der Waals surface area contributed by atoms with Crippen molar-refractivity contribution in [1.29, 1.82) is 0 Å². The fourth-order valence-corrected chi connectivity index (χ4v) is 1.44. The van der Waals surface area contributed by atoms with E-state index < -0.39 is 28.4 Å². The number of ether oxygens (including phenoxy) is 2. The molecule has 0 aromatic heterocycles. The molecule has 0 aromatic carbocycles. The van der Waals surface area contributed by atoms with E-state index in [9.17, 15) is 16.7 Å². The molecule has 0 spiro atoms. The van der Waals surface area contributed by atoms with Gasteiger partial charge in [0.1, 0.15) is 0 Å². The lowest BCUT2D eigenvalue weighted by molar-refractivity contribution is -0.0508. The summed E-state index contributed by atoms with van der Waals surface area (Å²) in [6.45, 7) is 2.42. The van der Waals surface area contributed by atoms with Crippen LogP contribution in [0, 0.1) is 0 Å². The van der Waals surface area contributed by atoms with Gasteiger partial charge in [-0.25, -0.2) is 0 Å². The van der Waals surface area contributed by atoms with Crippen molar-refractivity contribution in [2.45, 2.75) is 5.85 Å². The van der Waals surface area contributed by atoms with Gasteiger partial charge in [-0.15, -0.1) is 3.89 Å². The third-order valence-corrected chi connectivity index (χ3v) is 1.91.